The number of anilines is 1. The van der Waals surface area contributed by atoms with Crippen LogP contribution < -0.4 is 15.8 Å². The van der Waals surface area contributed by atoms with Crippen LogP contribution >= 0.6 is 0 Å². The fraction of sp³-hybridized carbons (Fsp3) is 0.333. The molecular weight excluding hydrogens is 506 g/mol. The number of rotatable bonds is 8. The van der Waals surface area contributed by atoms with Crippen molar-refractivity contribution in [2.24, 2.45) is 0 Å². The molecule has 10 heteroatoms. The Kier molecular flexibility index (Phi) is 7.69. The van der Waals surface area contributed by atoms with Gasteiger partial charge in [0.25, 0.3) is 0 Å². The second kappa shape index (κ2) is 11.8. The Hall–Kier alpha value is -4.28. The number of ether oxygens (including phenoxy) is 2. The van der Waals surface area contributed by atoms with Crippen molar-refractivity contribution in [3.63, 3.8) is 0 Å². The van der Waals surface area contributed by atoms with Crippen molar-refractivity contribution in [1.29, 1.82) is 0 Å². The van der Waals surface area contributed by atoms with Crippen LogP contribution in [0.1, 0.15) is 25.3 Å². The Morgan fingerprint density at radius 2 is 1.93 bits per heavy atom. The van der Waals surface area contributed by atoms with Crippen molar-refractivity contribution >= 4 is 22.8 Å². The van der Waals surface area contributed by atoms with Crippen molar-refractivity contribution in [1.82, 2.24) is 30.0 Å². The second-order valence-corrected chi connectivity index (χ2v) is 10.1. The number of hydrogen-bond donors (Lipinski definition) is 2. The van der Waals surface area contributed by atoms with E-state index in [9.17, 15) is 4.79 Å². The van der Waals surface area contributed by atoms with Crippen LogP contribution in [0.4, 0.5) is 5.82 Å². The number of benzene rings is 2. The number of nitrogens with zero attached hydrogens (tertiary/aromatic N) is 5. The number of carbonyl (C=O) groups excluding carboxylic acids is 1. The van der Waals surface area contributed by atoms with Crippen LogP contribution in [0.25, 0.3) is 22.3 Å². The molecule has 2 saturated heterocycles. The minimum absolute atomic E-state index is 0.00833. The molecule has 2 aromatic heterocycles. The van der Waals surface area contributed by atoms with Gasteiger partial charge in [-0.1, -0.05) is 24.3 Å². The lowest BCUT2D eigenvalue weighted by Crippen LogP contribution is -2.40. The third-order valence-electron chi connectivity index (χ3n) is 7.39. The summed E-state index contributed by atoms with van der Waals surface area (Å²) in [7, 11) is 0. The zero-order valence-electron chi connectivity index (χ0n) is 22.3. The maximum Gasteiger partial charge on any atom is 0.246 e. The van der Waals surface area contributed by atoms with Gasteiger partial charge in [-0.2, -0.15) is 5.10 Å². The second-order valence-electron chi connectivity index (χ2n) is 10.1. The van der Waals surface area contributed by atoms with Crippen LogP contribution in [0.5, 0.6) is 11.5 Å². The molecule has 0 bridgehead atoms. The molecule has 2 fully saturated rings. The molecule has 0 radical (unpaired) electrons. The molecule has 2 aliphatic heterocycles. The van der Waals surface area contributed by atoms with Gasteiger partial charge in [-0.15, -0.1) is 0 Å². The molecule has 0 saturated carbocycles. The number of para-hydroxylation sites is 1. The molecule has 2 aliphatic rings. The van der Waals surface area contributed by atoms with E-state index in [-0.39, 0.29) is 11.9 Å². The standard InChI is InChI=1S/C30H33N7O3/c31-29-27-28(21-10-12-25(13-11-21)40-24-7-2-1-3-8-24)35-37(30(27)34-20-33-29)23-6-5-16-36(18-23)26(38)9-4-15-32-22-14-17-39-19-22/h1-4,7-13,20,22-23,32H,5-6,14-19H2,(H2,31,33,34)/t22-,23-/m1/s1. The fourth-order valence-electron chi connectivity index (χ4n) is 5.31. The largest absolute Gasteiger partial charge is 0.457 e. The number of hydrogen-bond acceptors (Lipinski definition) is 8. The molecule has 2 aromatic carbocycles. The zero-order valence-corrected chi connectivity index (χ0v) is 22.3. The molecule has 10 nitrogen and oxygen atoms in total. The Balaban J connectivity index is 1.20. The van der Waals surface area contributed by atoms with Gasteiger partial charge in [0.1, 0.15) is 29.3 Å². The lowest BCUT2D eigenvalue weighted by Gasteiger charge is -2.32. The van der Waals surface area contributed by atoms with Gasteiger partial charge in [0, 0.05) is 43.9 Å². The maximum atomic E-state index is 13.0. The molecule has 0 aliphatic carbocycles. The van der Waals surface area contributed by atoms with Crippen LogP contribution in [0.2, 0.25) is 0 Å². The summed E-state index contributed by atoms with van der Waals surface area (Å²) in [5.41, 5.74) is 8.61. The molecule has 206 valence electrons. The lowest BCUT2D eigenvalue weighted by molar-refractivity contribution is -0.127. The van der Waals surface area contributed by atoms with Gasteiger partial charge in [-0.3, -0.25) is 4.79 Å². The number of fused-ring (bicyclic) bond motifs is 1. The van der Waals surface area contributed by atoms with Crippen LogP contribution in [0.15, 0.2) is 73.1 Å². The normalized spacial score (nSPS) is 19.4. The van der Waals surface area contributed by atoms with Crippen molar-refractivity contribution in [3.05, 3.63) is 73.1 Å². The number of likely N-dealkylation sites (tertiary alicyclic amines) is 1. The highest BCUT2D eigenvalue weighted by atomic mass is 16.5. The van der Waals surface area contributed by atoms with Crippen LogP contribution in [-0.2, 0) is 9.53 Å². The summed E-state index contributed by atoms with van der Waals surface area (Å²) < 4.78 is 13.3. The summed E-state index contributed by atoms with van der Waals surface area (Å²) in [6, 6.07) is 17.7. The highest BCUT2D eigenvalue weighted by Gasteiger charge is 2.28. The van der Waals surface area contributed by atoms with Gasteiger partial charge in [-0.05, 0) is 55.7 Å². The highest BCUT2D eigenvalue weighted by Crippen LogP contribution is 2.34. The van der Waals surface area contributed by atoms with Gasteiger partial charge in [-0.25, -0.2) is 14.6 Å². The average Bonchev–Trinajstić information content (AvgIpc) is 3.65. The topological polar surface area (TPSA) is 120 Å². The predicted molar refractivity (Wildman–Crippen MR) is 153 cm³/mol. The first-order chi connectivity index (χ1) is 19.7. The quantitative estimate of drug-likeness (QED) is 0.323. The zero-order chi connectivity index (χ0) is 27.3. The molecule has 2 atom stereocenters. The van der Waals surface area contributed by atoms with Crippen molar-refractivity contribution < 1.29 is 14.3 Å². The minimum atomic E-state index is -0.0221. The van der Waals surface area contributed by atoms with E-state index in [1.54, 1.807) is 6.08 Å². The van der Waals surface area contributed by atoms with Crippen molar-refractivity contribution in [3.8, 4) is 22.8 Å². The lowest BCUT2D eigenvalue weighted by atomic mass is 10.1. The molecule has 4 aromatic rings. The summed E-state index contributed by atoms with van der Waals surface area (Å²) >= 11 is 0. The number of carbonyl (C=O) groups is 1. The summed E-state index contributed by atoms with van der Waals surface area (Å²) in [6.45, 7) is 3.45. The first-order valence-corrected chi connectivity index (χ1v) is 13.7. The Bertz CT molecular complexity index is 1480. The van der Waals surface area contributed by atoms with Gasteiger partial charge >= 0.3 is 0 Å². The van der Waals surface area contributed by atoms with E-state index < -0.39 is 0 Å². The van der Waals surface area contributed by atoms with E-state index in [4.69, 9.17) is 20.3 Å². The first kappa shape index (κ1) is 26.0. The Morgan fingerprint density at radius 1 is 1.10 bits per heavy atom. The van der Waals surface area contributed by atoms with E-state index in [1.807, 2.05) is 70.3 Å². The summed E-state index contributed by atoms with van der Waals surface area (Å²) in [4.78, 5) is 23.7. The average molecular weight is 540 g/mol. The number of amides is 1. The van der Waals surface area contributed by atoms with E-state index >= 15 is 0 Å². The number of aromatic nitrogens is 4. The van der Waals surface area contributed by atoms with Crippen molar-refractivity contribution in [2.45, 2.75) is 31.3 Å². The molecular formula is C30H33N7O3. The Labute approximate surface area is 232 Å². The molecule has 0 unspecified atom stereocenters. The SMILES string of the molecule is Nc1ncnc2c1c(-c1ccc(Oc3ccccc3)cc1)nn2[C@@H]1CCCN(C(=O)C=CCN[C@@H]2CCOC2)C1. The van der Waals surface area contributed by atoms with Gasteiger partial charge in [0.15, 0.2) is 5.65 Å². The van der Waals surface area contributed by atoms with Crippen LogP contribution in [0.3, 0.4) is 0 Å². The Morgan fingerprint density at radius 3 is 2.73 bits per heavy atom. The summed E-state index contributed by atoms with van der Waals surface area (Å²) in [6.07, 6.45) is 7.80. The number of nitrogens with one attached hydrogen (secondary N) is 1. The minimum Gasteiger partial charge on any atom is -0.457 e. The van der Waals surface area contributed by atoms with E-state index in [0.29, 0.717) is 41.7 Å². The molecule has 1 amide bonds. The summed E-state index contributed by atoms with van der Waals surface area (Å²) in [5, 5.41) is 9.10. The van der Waals surface area contributed by atoms with Crippen LogP contribution in [-0.4, -0.2) is 69.4 Å². The summed E-state index contributed by atoms with van der Waals surface area (Å²) in [5.74, 6) is 1.88. The molecule has 6 rings (SSSR count). The van der Waals surface area contributed by atoms with Gasteiger partial charge in [0.2, 0.25) is 5.91 Å². The highest BCUT2D eigenvalue weighted by molar-refractivity contribution is 5.98. The third kappa shape index (κ3) is 5.68. The van der Waals surface area contributed by atoms with Gasteiger partial charge < -0.3 is 25.4 Å². The maximum absolute atomic E-state index is 13.0. The number of piperidine rings is 1. The van der Waals surface area contributed by atoms with Gasteiger partial charge in [0.05, 0.1) is 18.0 Å². The van der Waals surface area contributed by atoms with Crippen LogP contribution in [0, 0.1) is 0 Å². The number of nitrogen functional groups attached to an aromatic ring is 1. The van der Waals surface area contributed by atoms with E-state index in [2.05, 4.69) is 15.3 Å². The number of nitrogens with two attached hydrogens (primary N) is 1. The smallest absolute Gasteiger partial charge is 0.246 e. The third-order valence-corrected chi connectivity index (χ3v) is 7.39. The van der Waals surface area contributed by atoms with E-state index in [1.165, 1.54) is 6.33 Å². The molecule has 3 N–H and O–H groups in total. The molecule has 40 heavy (non-hydrogen) atoms. The molecule has 0 spiro atoms. The first-order valence-electron chi connectivity index (χ1n) is 13.7. The fourth-order valence-corrected chi connectivity index (χ4v) is 5.31. The predicted octanol–water partition coefficient (Wildman–Crippen LogP) is 3.97. The monoisotopic (exact) mass is 539 g/mol. The molecule has 4 heterocycles. The van der Waals surface area contributed by atoms with E-state index in [0.717, 1.165) is 56.1 Å². The van der Waals surface area contributed by atoms with Crippen molar-refractivity contribution in [2.75, 3.05) is 38.6 Å².